The summed E-state index contributed by atoms with van der Waals surface area (Å²) in [5.74, 6) is 2.07. The summed E-state index contributed by atoms with van der Waals surface area (Å²) in [7, 11) is 0. The minimum atomic E-state index is 0.506. The molecule has 0 spiro atoms. The van der Waals surface area contributed by atoms with E-state index >= 15 is 0 Å². The maximum Gasteiger partial charge on any atom is 0.133 e. The van der Waals surface area contributed by atoms with Gasteiger partial charge in [0.15, 0.2) is 0 Å². The van der Waals surface area contributed by atoms with E-state index in [0.29, 0.717) is 17.1 Å². The molecular formula is C11H18O. The fourth-order valence-corrected chi connectivity index (χ4v) is 3.08. The van der Waals surface area contributed by atoms with E-state index in [2.05, 4.69) is 13.8 Å². The normalized spacial score (nSPS) is 47.7. The average Bonchev–Trinajstić information content (AvgIpc) is 2.31. The molecule has 0 heterocycles. The number of fused-ring (bicyclic) bond motifs is 1. The zero-order valence-electron chi connectivity index (χ0n) is 8.10. The lowest BCUT2D eigenvalue weighted by molar-refractivity contribution is -0.124. The Balaban J connectivity index is 2.19. The van der Waals surface area contributed by atoms with Gasteiger partial charge in [-0.25, -0.2) is 0 Å². The third-order valence-corrected chi connectivity index (χ3v) is 4.42. The highest BCUT2D eigenvalue weighted by Gasteiger charge is 2.46. The maximum absolute atomic E-state index is 11.3. The Hall–Kier alpha value is -0.330. The molecule has 0 aromatic heterocycles. The van der Waals surface area contributed by atoms with Crippen LogP contribution in [-0.4, -0.2) is 5.78 Å². The van der Waals surface area contributed by atoms with E-state index in [1.54, 1.807) is 0 Å². The van der Waals surface area contributed by atoms with Crippen molar-refractivity contribution < 1.29 is 4.79 Å². The van der Waals surface area contributed by atoms with Crippen molar-refractivity contribution in [2.45, 2.75) is 46.0 Å². The molecule has 2 aliphatic carbocycles. The molecule has 0 bridgehead atoms. The van der Waals surface area contributed by atoms with Gasteiger partial charge in [0.05, 0.1) is 0 Å². The predicted octanol–water partition coefficient (Wildman–Crippen LogP) is 2.79. The number of hydrogen-bond acceptors (Lipinski definition) is 1. The number of rotatable bonds is 0. The van der Waals surface area contributed by atoms with Crippen LogP contribution in [0.1, 0.15) is 46.0 Å². The van der Waals surface area contributed by atoms with Gasteiger partial charge in [-0.3, -0.25) is 4.79 Å². The average molecular weight is 166 g/mol. The van der Waals surface area contributed by atoms with Gasteiger partial charge in [0.25, 0.3) is 0 Å². The quantitative estimate of drug-likeness (QED) is 0.541. The Labute approximate surface area is 74.5 Å². The first-order valence-electron chi connectivity index (χ1n) is 5.14. The lowest BCUT2D eigenvalue weighted by Crippen LogP contribution is -2.33. The van der Waals surface area contributed by atoms with Crippen LogP contribution in [0, 0.1) is 17.3 Å². The number of carbonyl (C=O) groups excluding carboxylic acids is 1. The largest absolute Gasteiger partial charge is 0.300 e. The molecule has 0 radical (unpaired) electrons. The topological polar surface area (TPSA) is 17.1 Å². The molecular weight excluding hydrogens is 148 g/mol. The van der Waals surface area contributed by atoms with Crippen LogP contribution in [0.25, 0.3) is 0 Å². The van der Waals surface area contributed by atoms with Crippen LogP contribution in [-0.2, 0) is 4.79 Å². The van der Waals surface area contributed by atoms with Crippen molar-refractivity contribution in [2.24, 2.45) is 17.3 Å². The van der Waals surface area contributed by atoms with Crippen molar-refractivity contribution in [2.75, 3.05) is 0 Å². The van der Waals surface area contributed by atoms with Gasteiger partial charge < -0.3 is 0 Å². The molecule has 68 valence electrons. The van der Waals surface area contributed by atoms with Gasteiger partial charge in [-0.05, 0) is 36.5 Å². The highest BCUT2D eigenvalue weighted by atomic mass is 16.1. The van der Waals surface area contributed by atoms with Crippen molar-refractivity contribution in [1.82, 2.24) is 0 Å². The third-order valence-electron chi connectivity index (χ3n) is 4.42. The fraction of sp³-hybridized carbons (Fsp3) is 0.909. The minimum absolute atomic E-state index is 0.506. The second-order valence-electron chi connectivity index (χ2n) is 4.92. The van der Waals surface area contributed by atoms with Gasteiger partial charge in [-0.15, -0.1) is 0 Å². The van der Waals surface area contributed by atoms with Gasteiger partial charge in [-0.2, -0.15) is 0 Å². The molecule has 0 aromatic carbocycles. The van der Waals surface area contributed by atoms with E-state index < -0.39 is 0 Å². The van der Waals surface area contributed by atoms with Crippen LogP contribution in [0.5, 0.6) is 0 Å². The summed E-state index contributed by atoms with van der Waals surface area (Å²) in [5, 5.41) is 0. The number of carbonyl (C=O) groups is 1. The molecule has 0 N–H and O–H groups in total. The fourth-order valence-electron chi connectivity index (χ4n) is 3.08. The molecule has 0 aromatic rings. The molecule has 2 rings (SSSR count). The molecule has 3 atom stereocenters. The highest BCUT2D eigenvalue weighted by molar-refractivity contribution is 5.79. The third kappa shape index (κ3) is 1.02. The number of hydrogen-bond donors (Lipinski definition) is 0. The molecule has 2 aliphatic rings. The molecule has 0 saturated heterocycles. The first kappa shape index (κ1) is 8.28. The van der Waals surface area contributed by atoms with Crippen molar-refractivity contribution >= 4 is 5.78 Å². The molecule has 2 saturated carbocycles. The SMILES string of the molecule is C[C@H]1CC[C@H]2CC(=O)CC[C@@]21C. The lowest BCUT2D eigenvalue weighted by atomic mass is 9.66. The number of ketones is 1. The molecule has 0 aliphatic heterocycles. The zero-order valence-corrected chi connectivity index (χ0v) is 8.10. The molecule has 12 heavy (non-hydrogen) atoms. The van der Waals surface area contributed by atoms with E-state index in [9.17, 15) is 4.79 Å². The van der Waals surface area contributed by atoms with Crippen molar-refractivity contribution in [3.05, 3.63) is 0 Å². The monoisotopic (exact) mass is 166 g/mol. The summed E-state index contributed by atoms with van der Waals surface area (Å²) in [6, 6.07) is 0. The van der Waals surface area contributed by atoms with Crippen LogP contribution in [0.2, 0.25) is 0 Å². The van der Waals surface area contributed by atoms with E-state index in [4.69, 9.17) is 0 Å². The second-order valence-corrected chi connectivity index (χ2v) is 4.92. The van der Waals surface area contributed by atoms with Gasteiger partial charge >= 0.3 is 0 Å². The summed E-state index contributed by atoms with van der Waals surface area (Å²) in [6.07, 6.45) is 5.51. The van der Waals surface area contributed by atoms with Crippen LogP contribution < -0.4 is 0 Å². The first-order chi connectivity index (χ1) is 5.63. The molecule has 2 fully saturated rings. The van der Waals surface area contributed by atoms with Gasteiger partial charge in [0.2, 0.25) is 0 Å². The Morgan fingerprint density at radius 2 is 2.17 bits per heavy atom. The Kier molecular flexibility index (Phi) is 1.78. The lowest BCUT2D eigenvalue weighted by Gasteiger charge is -2.38. The van der Waals surface area contributed by atoms with Gasteiger partial charge in [0.1, 0.15) is 5.78 Å². The Bertz CT molecular complexity index is 209. The van der Waals surface area contributed by atoms with Crippen molar-refractivity contribution in [3.8, 4) is 0 Å². The van der Waals surface area contributed by atoms with Gasteiger partial charge in [-0.1, -0.05) is 13.8 Å². The van der Waals surface area contributed by atoms with Gasteiger partial charge in [0, 0.05) is 12.8 Å². The first-order valence-corrected chi connectivity index (χ1v) is 5.14. The van der Waals surface area contributed by atoms with Crippen molar-refractivity contribution in [3.63, 3.8) is 0 Å². The summed E-state index contributed by atoms with van der Waals surface area (Å²) in [6.45, 7) is 4.75. The number of Topliss-reactive ketones (excluding diaryl/α,β-unsaturated/α-hetero) is 1. The zero-order chi connectivity index (χ0) is 8.77. The van der Waals surface area contributed by atoms with Crippen LogP contribution in [0.15, 0.2) is 0 Å². The second kappa shape index (κ2) is 2.58. The molecule has 1 heteroatoms. The summed E-state index contributed by atoms with van der Waals surface area (Å²) in [5.41, 5.74) is 0.508. The van der Waals surface area contributed by atoms with E-state index in [-0.39, 0.29) is 0 Å². The highest BCUT2D eigenvalue weighted by Crippen LogP contribution is 2.54. The van der Waals surface area contributed by atoms with E-state index in [0.717, 1.165) is 25.2 Å². The van der Waals surface area contributed by atoms with E-state index in [1.165, 1.54) is 12.8 Å². The smallest absolute Gasteiger partial charge is 0.133 e. The van der Waals surface area contributed by atoms with Crippen LogP contribution in [0.3, 0.4) is 0 Å². The summed E-state index contributed by atoms with van der Waals surface area (Å²) in [4.78, 5) is 11.3. The maximum atomic E-state index is 11.3. The molecule has 0 amide bonds. The van der Waals surface area contributed by atoms with Crippen molar-refractivity contribution in [1.29, 1.82) is 0 Å². The van der Waals surface area contributed by atoms with Crippen LogP contribution in [0.4, 0.5) is 0 Å². The standard InChI is InChI=1S/C11H18O/c1-8-3-4-9-7-10(12)5-6-11(8,9)2/h8-9H,3-7H2,1-2H3/t8-,9-,11+/m0/s1. The molecule has 1 nitrogen and oxygen atoms in total. The predicted molar refractivity (Wildman–Crippen MR) is 48.9 cm³/mol. The summed E-state index contributed by atoms with van der Waals surface area (Å²) >= 11 is 0. The Morgan fingerprint density at radius 3 is 2.92 bits per heavy atom. The summed E-state index contributed by atoms with van der Waals surface area (Å²) < 4.78 is 0. The minimum Gasteiger partial charge on any atom is -0.300 e. The van der Waals surface area contributed by atoms with E-state index in [1.807, 2.05) is 0 Å². The Morgan fingerprint density at radius 1 is 1.42 bits per heavy atom. The van der Waals surface area contributed by atoms with Crippen LogP contribution >= 0.6 is 0 Å². The molecule has 0 unspecified atom stereocenters.